The number of allylic oxidation sites excluding steroid dienone is 4. The lowest BCUT2D eigenvalue weighted by molar-refractivity contribution is -0.141. The van der Waals surface area contributed by atoms with Gasteiger partial charge in [0, 0.05) is 13.0 Å². The summed E-state index contributed by atoms with van der Waals surface area (Å²) in [4.78, 5) is 11.8. The topological polar surface area (TPSA) is 35.5 Å². The van der Waals surface area contributed by atoms with E-state index in [0.717, 1.165) is 17.6 Å². The Labute approximate surface area is 128 Å². The van der Waals surface area contributed by atoms with Gasteiger partial charge in [-0.05, 0) is 43.9 Å². The molecule has 0 aliphatic heterocycles. The average molecular weight is 341 g/mol. The number of carbonyl (C=O) groups excluding carboxylic acids is 1. The van der Waals surface area contributed by atoms with Crippen LogP contribution in [0.15, 0.2) is 34.4 Å². The molecule has 1 unspecified atom stereocenters. The van der Waals surface area contributed by atoms with E-state index in [1.807, 2.05) is 26.0 Å². The molecule has 3 nitrogen and oxygen atoms in total. The molecule has 0 radical (unpaired) electrons. The highest BCUT2D eigenvalue weighted by molar-refractivity contribution is 9.09. The Morgan fingerprint density at radius 3 is 2.85 bits per heavy atom. The molecule has 0 heterocycles. The normalized spacial score (nSPS) is 24.2. The van der Waals surface area contributed by atoms with Gasteiger partial charge in [-0.3, -0.25) is 4.79 Å². The standard InChI is InChI=1S/C16H21BrO3/c1-4-19-16(9-17)20-12-5-6-13-11(3)15(18)8-14(13)10(2)7-12/h5-6,12,16H,4,7-9H2,1-3H3/t12-,16?/m0/s1. The first kappa shape index (κ1) is 15.7. The van der Waals surface area contributed by atoms with Crippen molar-refractivity contribution in [1.29, 1.82) is 0 Å². The maximum atomic E-state index is 11.8. The van der Waals surface area contributed by atoms with Crippen molar-refractivity contribution in [2.45, 2.75) is 46.0 Å². The smallest absolute Gasteiger partial charge is 0.167 e. The maximum absolute atomic E-state index is 11.8. The van der Waals surface area contributed by atoms with Crippen LogP contribution >= 0.6 is 15.9 Å². The summed E-state index contributed by atoms with van der Waals surface area (Å²) >= 11 is 3.40. The Kier molecular flexibility index (Phi) is 5.35. The second kappa shape index (κ2) is 6.83. The number of fused-ring (bicyclic) bond motifs is 1. The van der Waals surface area contributed by atoms with E-state index in [1.165, 1.54) is 11.1 Å². The van der Waals surface area contributed by atoms with E-state index in [9.17, 15) is 4.79 Å². The summed E-state index contributed by atoms with van der Waals surface area (Å²) in [5, 5.41) is 0.654. The van der Waals surface area contributed by atoms with Gasteiger partial charge in [0.25, 0.3) is 0 Å². The van der Waals surface area contributed by atoms with Crippen LogP contribution in [0.2, 0.25) is 0 Å². The van der Waals surface area contributed by atoms with Gasteiger partial charge in [0.15, 0.2) is 12.1 Å². The second-order valence-electron chi connectivity index (χ2n) is 5.17. The van der Waals surface area contributed by atoms with E-state index in [1.54, 1.807) is 0 Å². The highest BCUT2D eigenvalue weighted by Crippen LogP contribution is 2.36. The lowest BCUT2D eigenvalue weighted by Crippen LogP contribution is -2.25. The van der Waals surface area contributed by atoms with Gasteiger partial charge in [0.2, 0.25) is 0 Å². The van der Waals surface area contributed by atoms with Gasteiger partial charge in [-0.2, -0.15) is 0 Å². The summed E-state index contributed by atoms with van der Waals surface area (Å²) in [7, 11) is 0. The van der Waals surface area contributed by atoms with Gasteiger partial charge >= 0.3 is 0 Å². The molecule has 110 valence electrons. The minimum atomic E-state index is -0.234. The SMILES string of the molecule is CCOC(CBr)O[C@H]1C=CC2=C(C)C(=O)CC2=C(C)C1. The third-order valence-electron chi connectivity index (χ3n) is 3.79. The fourth-order valence-electron chi connectivity index (χ4n) is 2.66. The zero-order valence-corrected chi connectivity index (χ0v) is 13.8. The molecule has 0 bridgehead atoms. The van der Waals surface area contributed by atoms with E-state index in [2.05, 4.69) is 22.9 Å². The molecule has 0 aromatic heterocycles. The molecule has 0 spiro atoms. The van der Waals surface area contributed by atoms with Gasteiger partial charge in [0.1, 0.15) is 0 Å². The average Bonchev–Trinajstić information content (AvgIpc) is 2.62. The van der Waals surface area contributed by atoms with Crippen molar-refractivity contribution < 1.29 is 14.3 Å². The van der Waals surface area contributed by atoms with Crippen molar-refractivity contribution >= 4 is 21.7 Å². The summed E-state index contributed by atoms with van der Waals surface area (Å²) in [5.41, 5.74) is 4.38. The van der Waals surface area contributed by atoms with E-state index >= 15 is 0 Å². The Bertz CT molecular complexity index is 488. The van der Waals surface area contributed by atoms with Crippen molar-refractivity contribution in [3.8, 4) is 0 Å². The Hall–Kier alpha value is -0.710. The molecular formula is C16H21BrO3. The Morgan fingerprint density at radius 1 is 1.45 bits per heavy atom. The fourth-order valence-corrected chi connectivity index (χ4v) is 3.00. The van der Waals surface area contributed by atoms with Crippen LogP contribution in [0.1, 0.15) is 33.6 Å². The number of hydrogen-bond acceptors (Lipinski definition) is 3. The highest BCUT2D eigenvalue weighted by atomic mass is 79.9. The molecule has 20 heavy (non-hydrogen) atoms. The predicted molar refractivity (Wildman–Crippen MR) is 82.9 cm³/mol. The number of ether oxygens (including phenoxy) is 2. The lowest BCUT2D eigenvalue weighted by Gasteiger charge is -2.21. The number of ketones is 1. The molecule has 2 aliphatic rings. The van der Waals surface area contributed by atoms with Crippen molar-refractivity contribution in [1.82, 2.24) is 0 Å². The van der Waals surface area contributed by atoms with Crippen LogP contribution in [-0.2, 0) is 14.3 Å². The van der Waals surface area contributed by atoms with Gasteiger partial charge < -0.3 is 9.47 Å². The van der Waals surface area contributed by atoms with Crippen molar-refractivity contribution in [2.24, 2.45) is 0 Å². The number of halogens is 1. The molecule has 0 amide bonds. The molecule has 2 aliphatic carbocycles. The fraction of sp³-hybridized carbons (Fsp3) is 0.562. The molecule has 2 rings (SSSR count). The quantitative estimate of drug-likeness (QED) is 0.565. The molecule has 4 heteroatoms. The third-order valence-corrected chi connectivity index (χ3v) is 4.32. The molecule has 0 saturated carbocycles. The first-order valence-electron chi connectivity index (χ1n) is 7.01. The zero-order valence-electron chi connectivity index (χ0n) is 12.2. The van der Waals surface area contributed by atoms with Gasteiger partial charge in [0.05, 0.1) is 11.4 Å². The van der Waals surface area contributed by atoms with E-state index in [-0.39, 0.29) is 18.2 Å². The van der Waals surface area contributed by atoms with Crippen LogP contribution in [-0.4, -0.2) is 30.1 Å². The highest BCUT2D eigenvalue weighted by Gasteiger charge is 2.27. The summed E-state index contributed by atoms with van der Waals surface area (Å²) in [6.07, 6.45) is 5.19. The zero-order chi connectivity index (χ0) is 14.7. The van der Waals surface area contributed by atoms with Gasteiger partial charge in [-0.15, -0.1) is 0 Å². The molecule has 0 aromatic rings. The number of carbonyl (C=O) groups is 1. The monoisotopic (exact) mass is 340 g/mol. The molecular weight excluding hydrogens is 320 g/mol. The molecule has 0 aromatic carbocycles. The van der Waals surface area contributed by atoms with Gasteiger partial charge in [-0.25, -0.2) is 0 Å². The van der Waals surface area contributed by atoms with Crippen LogP contribution in [0.3, 0.4) is 0 Å². The van der Waals surface area contributed by atoms with Crippen LogP contribution in [0.5, 0.6) is 0 Å². The van der Waals surface area contributed by atoms with Crippen LogP contribution < -0.4 is 0 Å². The van der Waals surface area contributed by atoms with Crippen molar-refractivity contribution in [3.05, 3.63) is 34.4 Å². The van der Waals surface area contributed by atoms with Gasteiger partial charge in [-0.1, -0.05) is 33.7 Å². The Morgan fingerprint density at radius 2 is 2.20 bits per heavy atom. The summed E-state index contributed by atoms with van der Waals surface area (Å²) < 4.78 is 11.5. The summed E-state index contributed by atoms with van der Waals surface area (Å²) in [5.74, 6) is 0.242. The van der Waals surface area contributed by atoms with E-state index in [0.29, 0.717) is 18.4 Å². The number of rotatable bonds is 5. The van der Waals surface area contributed by atoms with Crippen LogP contribution in [0.25, 0.3) is 0 Å². The predicted octanol–water partition coefficient (Wildman–Crippen LogP) is 3.69. The molecule has 0 fully saturated rings. The second-order valence-corrected chi connectivity index (χ2v) is 5.82. The first-order valence-corrected chi connectivity index (χ1v) is 8.13. The number of Topliss-reactive ketones (excluding diaryl/α,β-unsaturated/α-hetero) is 1. The molecule has 0 saturated heterocycles. The summed E-state index contributed by atoms with van der Waals surface area (Å²) in [6, 6.07) is 0. The third kappa shape index (κ3) is 3.30. The van der Waals surface area contributed by atoms with E-state index in [4.69, 9.17) is 9.47 Å². The number of hydrogen-bond donors (Lipinski definition) is 0. The minimum Gasteiger partial charge on any atom is -0.352 e. The van der Waals surface area contributed by atoms with Crippen molar-refractivity contribution in [3.63, 3.8) is 0 Å². The maximum Gasteiger partial charge on any atom is 0.167 e. The first-order chi connectivity index (χ1) is 9.56. The van der Waals surface area contributed by atoms with Crippen LogP contribution in [0.4, 0.5) is 0 Å². The molecule has 2 atom stereocenters. The number of alkyl halides is 1. The van der Waals surface area contributed by atoms with Crippen LogP contribution in [0, 0.1) is 0 Å². The minimum absolute atomic E-state index is 0.00222. The molecule has 0 N–H and O–H groups in total. The van der Waals surface area contributed by atoms with E-state index < -0.39 is 0 Å². The van der Waals surface area contributed by atoms with Crippen molar-refractivity contribution in [2.75, 3.05) is 11.9 Å². The Balaban J connectivity index is 2.17. The largest absolute Gasteiger partial charge is 0.352 e. The summed E-state index contributed by atoms with van der Waals surface area (Å²) in [6.45, 7) is 6.59. The lowest BCUT2D eigenvalue weighted by atomic mass is 10.0.